The molecule has 0 saturated heterocycles. The average molecular weight is 408 g/mol. The van der Waals surface area contributed by atoms with Crippen molar-refractivity contribution in [3.63, 3.8) is 0 Å². The highest BCUT2D eigenvalue weighted by atomic mass is 79.9. The molecule has 0 aliphatic heterocycles. The van der Waals surface area contributed by atoms with E-state index >= 15 is 0 Å². The number of anilines is 1. The van der Waals surface area contributed by atoms with E-state index < -0.39 is 21.7 Å². The highest BCUT2D eigenvalue weighted by molar-refractivity contribution is 9.10. The Bertz CT molecular complexity index is 823. The zero-order valence-electron chi connectivity index (χ0n) is 12.1. The predicted octanol–water partition coefficient (Wildman–Crippen LogP) is 3.55. The molecule has 2 aromatic rings. The highest BCUT2D eigenvalue weighted by Crippen LogP contribution is 2.36. The molecule has 0 amide bonds. The molecule has 23 heavy (non-hydrogen) atoms. The lowest BCUT2D eigenvalue weighted by atomic mass is 10.3. The van der Waals surface area contributed by atoms with E-state index in [1.54, 1.807) is 0 Å². The molecule has 124 valence electrons. The monoisotopic (exact) mass is 407 g/mol. The Kier molecular flexibility index (Phi) is 5.10. The molecule has 0 spiro atoms. The fraction of sp³-hybridized carbons (Fsp3) is 0.143. The second kappa shape index (κ2) is 6.71. The largest absolute Gasteiger partial charge is 0.493 e. The molecule has 0 atom stereocenters. The van der Waals surface area contributed by atoms with Gasteiger partial charge in [-0.1, -0.05) is 0 Å². The lowest BCUT2D eigenvalue weighted by Gasteiger charge is -2.13. The average Bonchev–Trinajstić information content (AvgIpc) is 2.44. The van der Waals surface area contributed by atoms with Crippen molar-refractivity contribution in [1.29, 1.82) is 0 Å². The number of halogens is 3. The third kappa shape index (κ3) is 3.91. The number of hydrogen-bond donors (Lipinski definition) is 1. The van der Waals surface area contributed by atoms with Gasteiger partial charge in [-0.05, 0) is 34.1 Å². The van der Waals surface area contributed by atoms with Crippen LogP contribution in [0.3, 0.4) is 0 Å². The summed E-state index contributed by atoms with van der Waals surface area (Å²) in [5.74, 6) is -1.26. The number of methoxy groups -OCH3 is 2. The summed E-state index contributed by atoms with van der Waals surface area (Å²) >= 11 is 3.13. The summed E-state index contributed by atoms with van der Waals surface area (Å²) in [7, 11) is -1.33. The SMILES string of the molecule is COc1cc(Br)c(S(=O)(=O)Nc2cc(F)cc(F)c2)cc1OC. The van der Waals surface area contributed by atoms with Crippen LogP contribution in [0.25, 0.3) is 0 Å². The van der Waals surface area contributed by atoms with E-state index in [1.165, 1.54) is 26.4 Å². The Balaban J connectivity index is 2.47. The fourth-order valence-corrected chi connectivity index (χ4v) is 3.94. The third-order valence-corrected chi connectivity index (χ3v) is 5.18. The molecule has 0 aromatic heterocycles. The van der Waals surface area contributed by atoms with E-state index in [9.17, 15) is 17.2 Å². The molecule has 2 aromatic carbocycles. The van der Waals surface area contributed by atoms with Crippen LogP contribution in [0, 0.1) is 11.6 Å². The summed E-state index contributed by atoms with van der Waals surface area (Å²) in [4.78, 5) is -0.167. The topological polar surface area (TPSA) is 64.6 Å². The van der Waals surface area contributed by atoms with Gasteiger partial charge in [-0.2, -0.15) is 0 Å². The molecule has 0 unspecified atom stereocenters. The van der Waals surface area contributed by atoms with Crippen molar-refractivity contribution >= 4 is 31.6 Å². The molecule has 1 N–H and O–H groups in total. The minimum atomic E-state index is -4.10. The summed E-state index contributed by atoms with van der Waals surface area (Å²) < 4.78 is 63.7. The molecule has 0 aliphatic rings. The van der Waals surface area contributed by atoms with Gasteiger partial charge in [-0.3, -0.25) is 4.72 Å². The van der Waals surface area contributed by atoms with Crippen LogP contribution in [-0.4, -0.2) is 22.6 Å². The maximum Gasteiger partial charge on any atom is 0.263 e. The van der Waals surface area contributed by atoms with E-state index in [2.05, 4.69) is 20.7 Å². The minimum Gasteiger partial charge on any atom is -0.493 e. The first kappa shape index (κ1) is 17.5. The van der Waals surface area contributed by atoms with Crippen LogP contribution in [0.4, 0.5) is 14.5 Å². The van der Waals surface area contributed by atoms with Crippen LogP contribution < -0.4 is 14.2 Å². The number of ether oxygens (including phenoxy) is 2. The Morgan fingerprint density at radius 3 is 2.00 bits per heavy atom. The summed E-state index contributed by atoms with van der Waals surface area (Å²) in [6.07, 6.45) is 0. The quantitative estimate of drug-likeness (QED) is 0.822. The van der Waals surface area contributed by atoms with Crippen molar-refractivity contribution in [2.45, 2.75) is 4.90 Å². The van der Waals surface area contributed by atoms with Crippen molar-refractivity contribution in [3.8, 4) is 11.5 Å². The summed E-state index contributed by atoms with van der Waals surface area (Å²) in [6, 6.07) is 5.04. The third-order valence-electron chi connectivity index (χ3n) is 2.84. The maximum absolute atomic E-state index is 13.2. The lowest BCUT2D eigenvalue weighted by molar-refractivity contribution is 0.353. The van der Waals surface area contributed by atoms with E-state index in [0.29, 0.717) is 11.8 Å². The number of nitrogens with one attached hydrogen (secondary N) is 1. The molecule has 2 rings (SSSR count). The Morgan fingerprint density at radius 1 is 0.957 bits per heavy atom. The Hall–Kier alpha value is -1.87. The van der Waals surface area contributed by atoms with Gasteiger partial charge in [-0.25, -0.2) is 17.2 Å². The fourth-order valence-electron chi connectivity index (χ4n) is 1.86. The van der Waals surface area contributed by atoms with Crippen LogP contribution in [0.1, 0.15) is 0 Å². The maximum atomic E-state index is 13.2. The lowest BCUT2D eigenvalue weighted by Crippen LogP contribution is -2.14. The van der Waals surface area contributed by atoms with Crippen molar-refractivity contribution in [2.75, 3.05) is 18.9 Å². The van der Waals surface area contributed by atoms with E-state index in [4.69, 9.17) is 9.47 Å². The van der Waals surface area contributed by atoms with E-state index in [0.717, 1.165) is 12.1 Å². The van der Waals surface area contributed by atoms with E-state index in [1.807, 2.05) is 0 Å². The van der Waals surface area contributed by atoms with Crippen molar-refractivity contribution in [3.05, 3.63) is 46.4 Å². The van der Waals surface area contributed by atoms with Crippen LogP contribution >= 0.6 is 15.9 Å². The van der Waals surface area contributed by atoms with Crippen LogP contribution in [0.2, 0.25) is 0 Å². The minimum absolute atomic E-state index is 0.167. The normalized spacial score (nSPS) is 11.2. The van der Waals surface area contributed by atoms with Gasteiger partial charge < -0.3 is 9.47 Å². The molecule has 0 fully saturated rings. The first-order valence-corrected chi connectivity index (χ1v) is 8.45. The smallest absolute Gasteiger partial charge is 0.263 e. The van der Waals surface area contributed by atoms with Crippen molar-refractivity contribution < 1.29 is 26.7 Å². The second-order valence-electron chi connectivity index (χ2n) is 4.40. The number of rotatable bonds is 5. The molecular formula is C14H12BrF2NO4S. The molecule has 0 saturated carbocycles. The standard InChI is InChI=1S/C14H12BrF2NO4S/c1-21-12-6-11(15)14(7-13(12)22-2)23(19,20)18-10-4-8(16)3-9(17)5-10/h3-7,18H,1-2H3. The van der Waals surface area contributed by atoms with E-state index in [-0.39, 0.29) is 20.8 Å². The molecule has 0 heterocycles. The second-order valence-corrected chi connectivity index (χ2v) is 6.91. The summed E-state index contributed by atoms with van der Waals surface area (Å²) in [5, 5.41) is 0. The van der Waals surface area contributed by atoms with Crippen molar-refractivity contribution in [1.82, 2.24) is 0 Å². The Morgan fingerprint density at radius 2 is 1.48 bits per heavy atom. The predicted molar refractivity (Wildman–Crippen MR) is 84.4 cm³/mol. The highest BCUT2D eigenvalue weighted by Gasteiger charge is 2.22. The van der Waals surface area contributed by atoms with Gasteiger partial charge in [0.15, 0.2) is 11.5 Å². The number of sulfonamides is 1. The molecule has 5 nitrogen and oxygen atoms in total. The first-order chi connectivity index (χ1) is 10.8. The molecule has 9 heteroatoms. The zero-order valence-corrected chi connectivity index (χ0v) is 14.5. The molecule has 0 aliphatic carbocycles. The van der Waals surface area contributed by atoms with Crippen LogP contribution in [-0.2, 0) is 10.0 Å². The van der Waals surface area contributed by atoms with Crippen LogP contribution in [0.5, 0.6) is 11.5 Å². The van der Waals surface area contributed by atoms with Gasteiger partial charge in [0.2, 0.25) is 0 Å². The van der Waals surface area contributed by atoms with Gasteiger partial charge >= 0.3 is 0 Å². The number of benzene rings is 2. The van der Waals surface area contributed by atoms with Gasteiger partial charge in [0.25, 0.3) is 10.0 Å². The molecule has 0 bridgehead atoms. The first-order valence-electron chi connectivity index (χ1n) is 6.17. The van der Waals surface area contributed by atoms with Gasteiger partial charge in [-0.15, -0.1) is 0 Å². The van der Waals surface area contributed by atoms with Crippen molar-refractivity contribution in [2.24, 2.45) is 0 Å². The molecule has 0 radical (unpaired) electrons. The number of hydrogen-bond acceptors (Lipinski definition) is 4. The summed E-state index contributed by atoms with van der Waals surface area (Å²) in [6.45, 7) is 0. The molecular weight excluding hydrogens is 396 g/mol. The van der Waals surface area contributed by atoms with Crippen LogP contribution in [0.15, 0.2) is 39.7 Å². The van der Waals surface area contributed by atoms with Gasteiger partial charge in [0.05, 0.1) is 19.9 Å². The summed E-state index contributed by atoms with van der Waals surface area (Å²) in [5.41, 5.74) is -0.232. The zero-order chi connectivity index (χ0) is 17.2. The Labute approximate surface area is 140 Å². The van der Waals surface area contributed by atoms with Gasteiger partial charge in [0.1, 0.15) is 16.5 Å². The van der Waals surface area contributed by atoms with Gasteiger partial charge in [0, 0.05) is 16.6 Å².